The summed E-state index contributed by atoms with van der Waals surface area (Å²) in [5.74, 6) is 1.60. The van der Waals surface area contributed by atoms with Crippen molar-refractivity contribution in [3.63, 3.8) is 0 Å². The zero-order chi connectivity index (χ0) is 14.6. The Balaban J connectivity index is 1.75. The molecule has 108 valence electrons. The molecule has 0 aliphatic heterocycles. The predicted octanol–water partition coefficient (Wildman–Crippen LogP) is 4.89. The lowest BCUT2D eigenvalue weighted by Gasteiger charge is -2.46. The molecule has 3 atom stereocenters. The molecule has 3 aliphatic rings. The summed E-state index contributed by atoms with van der Waals surface area (Å²) < 4.78 is 0. The highest BCUT2D eigenvalue weighted by Gasteiger charge is 2.47. The molecule has 1 N–H and O–H groups in total. The van der Waals surface area contributed by atoms with Gasteiger partial charge < -0.3 is 5.11 Å². The van der Waals surface area contributed by atoms with Crippen LogP contribution in [0.5, 0.6) is 5.75 Å². The first-order valence-corrected chi connectivity index (χ1v) is 7.98. The van der Waals surface area contributed by atoms with Crippen molar-refractivity contribution in [1.82, 2.24) is 0 Å². The van der Waals surface area contributed by atoms with Crippen LogP contribution in [0.25, 0.3) is 0 Å². The molecule has 3 unspecified atom stereocenters. The van der Waals surface area contributed by atoms with Gasteiger partial charge in [-0.25, -0.2) is 0 Å². The summed E-state index contributed by atoms with van der Waals surface area (Å²) in [7, 11) is 0. The first-order chi connectivity index (χ1) is 10.1. The van der Waals surface area contributed by atoms with Gasteiger partial charge in [0.1, 0.15) is 5.75 Å². The van der Waals surface area contributed by atoms with Crippen molar-refractivity contribution in [2.24, 2.45) is 11.3 Å². The van der Waals surface area contributed by atoms with Gasteiger partial charge in [-0.1, -0.05) is 43.4 Å². The minimum Gasteiger partial charge on any atom is -0.508 e. The van der Waals surface area contributed by atoms with Crippen molar-refractivity contribution in [1.29, 1.82) is 0 Å². The van der Waals surface area contributed by atoms with E-state index in [0.29, 0.717) is 23.0 Å². The van der Waals surface area contributed by atoms with Gasteiger partial charge in [0.2, 0.25) is 0 Å². The van der Waals surface area contributed by atoms with E-state index in [9.17, 15) is 5.11 Å². The van der Waals surface area contributed by atoms with E-state index < -0.39 is 0 Å². The minimum absolute atomic E-state index is 0.290. The van der Waals surface area contributed by atoms with Crippen molar-refractivity contribution in [2.75, 3.05) is 0 Å². The Morgan fingerprint density at radius 2 is 2.19 bits per heavy atom. The fourth-order valence-electron chi connectivity index (χ4n) is 4.89. The molecule has 0 saturated heterocycles. The first-order valence-electron chi connectivity index (χ1n) is 7.98. The van der Waals surface area contributed by atoms with E-state index >= 15 is 0 Å². The number of phenolic OH excluding ortho intramolecular Hbond substituents is 1. The fourth-order valence-corrected chi connectivity index (χ4v) is 4.89. The van der Waals surface area contributed by atoms with Gasteiger partial charge in [0.05, 0.1) is 0 Å². The third-order valence-electron chi connectivity index (χ3n) is 6.04. The van der Waals surface area contributed by atoms with Crippen LogP contribution in [0.3, 0.4) is 0 Å². The Labute approximate surface area is 126 Å². The predicted molar refractivity (Wildman–Crippen MR) is 86.4 cm³/mol. The quantitative estimate of drug-likeness (QED) is 0.725. The van der Waals surface area contributed by atoms with Gasteiger partial charge in [-0.15, -0.1) is 0 Å². The summed E-state index contributed by atoms with van der Waals surface area (Å²) in [6, 6.07) is 5.93. The second-order valence-corrected chi connectivity index (χ2v) is 6.95. The lowest BCUT2D eigenvalue weighted by molar-refractivity contribution is 0.223. The van der Waals surface area contributed by atoms with Gasteiger partial charge in [-0.3, -0.25) is 0 Å². The standard InChI is InChI=1S/C20H22O/c1-3-14-5-9-19-18-7-4-13-12-15(21)6-8-16(13)17(18)10-11-20(14,19)2/h3,5-8,12,17,19,21H,1,4,9-11H2,2H3. The smallest absolute Gasteiger partial charge is 0.115 e. The second kappa shape index (κ2) is 4.37. The molecule has 1 aromatic rings. The molecule has 0 aromatic heterocycles. The van der Waals surface area contributed by atoms with Crippen molar-refractivity contribution in [3.8, 4) is 5.75 Å². The SMILES string of the molecule is C=CC1=CCC2C3=CCc4cc(O)ccc4C3CCC12C. The number of hydrogen-bond acceptors (Lipinski definition) is 1. The maximum Gasteiger partial charge on any atom is 0.115 e. The highest BCUT2D eigenvalue weighted by Crippen LogP contribution is 2.59. The lowest BCUT2D eigenvalue weighted by Crippen LogP contribution is -2.35. The van der Waals surface area contributed by atoms with Gasteiger partial charge in [-0.05, 0) is 65.8 Å². The van der Waals surface area contributed by atoms with Crippen LogP contribution in [0.1, 0.15) is 43.2 Å². The number of hydrogen-bond donors (Lipinski definition) is 1. The van der Waals surface area contributed by atoms with Crippen LogP contribution in [0.15, 0.2) is 54.2 Å². The van der Waals surface area contributed by atoms with E-state index in [1.54, 1.807) is 5.57 Å². The van der Waals surface area contributed by atoms with Gasteiger partial charge >= 0.3 is 0 Å². The maximum atomic E-state index is 9.70. The molecule has 1 aromatic carbocycles. The summed E-state index contributed by atoms with van der Waals surface area (Å²) in [5, 5.41) is 9.70. The van der Waals surface area contributed by atoms with Crippen LogP contribution in [-0.2, 0) is 6.42 Å². The van der Waals surface area contributed by atoms with Gasteiger partial charge in [-0.2, -0.15) is 0 Å². The number of allylic oxidation sites excluding steroid dienone is 5. The number of aromatic hydroxyl groups is 1. The van der Waals surface area contributed by atoms with Crippen molar-refractivity contribution < 1.29 is 5.11 Å². The van der Waals surface area contributed by atoms with Crippen LogP contribution in [-0.4, -0.2) is 5.11 Å². The number of rotatable bonds is 1. The van der Waals surface area contributed by atoms with Crippen molar-refractivity contribution in [3.05, 3.63) is 65.3 Å². The Morgan fingerprint density at radius 3 is 3.00 bits per heavy atom. The summed E-state index contributed by atoms with van der Waals surface area (Å²) in [6.45, 7) is 6.43. The van der Waals surface area contributed by atoms with Gasteiger partial charge in [0, 0.05) is 5.92 Å². The summed E-state index contributed by atoms with van der Waals surface area (Å²) in [4.78, 5) is 0. The molecular formula is C20H22O. The average Bonchev–Trinajstić information content (AvgIpc) is 2.83. The molecule has 0 spiro atoms. The molecule has 1 heteroatoms. The van der Waals surface area contributed by atoms with Crippen LogP contribution >= 0.6 is 0 Å². The average molecular weight is 278 g/mol. The summed E-state index contributed by atoms with van der Waals surface area (Å²) in [5.41, 5.74) is 6.12. The highest BCUT2D eigenvalue weighted by molar-refractivity contribution is 5.49. The Hall–Kier alpha value is -1.76. The number of benzene rings is 1. The largest absolute Gasteiger partial charge is 0.508 e. The molecule has 0 bridgehead atoms. The monoisotopic (exact) mass is 278 g/mol. The molecule has 1 nitrogen and oxygen atoms in total. The zero-order valence-electron chi connectivity index (χ0n) is 12.6. The Kier molecular flexibility index (Phi) is 2.69. The third-order valence-corrected chi connectivity index (χ3v) is 6.04. The second-order valence-electron chi connectivity index (χ2n) is 6.95. The molecule has 4 rings (SSSR count). The van der Waals surface area contributed by atoms with E-state index in [4.69, 9.17) is 0 Å². The topological polar surface area (TPSA) is 20.2 Å². The van der Waals surface area contributed by atoms with Crippen LogP contribution in [0, 0.1) is 11.3 Å². The molecule has 0 heterocycles. The van der Waals surface area contributed by atoms with Gasteiger partial charge in [0.15, 0.2) is 0 Å². The summed E-state index contributed by atoms with van der Waals surface area (Å²) >= 11 is 0. The van der Waals surface area contributed by atoms with Crippen LogP contribution in [0.2, 0.25) is 0 Å². The van der Waals surface area contributed by atoms with E-state index in [1.807, 2.05) is 12.1 Å². The molecule has 21 heavy (non-hydrogen) atoms. The van der Waals surface area contributed by atoms with E-state index in [2.05, 4.69) is 37.8 Å². The van der Waals surface area contributed by atoms with Gasteiger partial charge in [0.25, 0.3) is 0 Å². The highest BCUT2D eigenvalue weighted by atomic mass is 16.3. The lowest BCUT2D eigenvalue weighted by atomic mass is 9.58. The van der Waals surface area contributed by atoms with E-state index in [1.165, 1.54) is 29.5 Å². The number of phenols is 1. The summed E-state index contributed by atoms with van der Waals surface area (Å²) in [6.07, 6.45) is 11.5. The molecule has 1 fully saturated rings. The first kappa shape index (κ1) is 12.9. The molecule has 0 radical (unpaired) electrons. The maximum absolute atomic E-state index is 9.70. The molecule has 3 aliphatic carbocycles. The molecule has 1 saturated carbocycles. The Bertz CT molecular complexity index is 679. The van der Waals surface area contributed by atoms with E-state index in [0.717, 1.165) is 12.8 Å². The minimum atomic E-state index is 0.290. The van der Waals surface area contributed by atoms with Crippen molar-refractivity contribution >= 4 is 0 Å². The molecule has 0 amide bonds. The van der Waals surface area contributed by atoms with E-state index in [-0.39, 0.29) is 0 Å². The third kappa shape index (κ3) is 1.70. The number of fused-ring (bicyclic) bond motifs is 5. The van der Waals surface area contributed by atoms with Crippen LogP contribution < -0.4 is 0 Å². The van der Waals surface area contributed by atoms with Crippen LogP contribution in [0.4, 0.5) is 0 Å². The normalized spacial score (nSPS) is 33.4. The van der Waals surface area contributed by atoms with Crippen molar-refractivity contribution in [2.45, 2.75) is 38.5 Å². The zero-order valence-corrected chi connectivity index (χ0v) is 12.6. The fraction of sp³-hybridized carbons (Fsp3) is 0.400. The Morgan fingerprint density at radius 1 is 1.33 bits per heavy atom. The molecular weight excluding hydrogens is 256 g/mol.